The molecule has 0 radical (unpaired) electrons. The summed E-state index contributed by atoms with van der Waals surface area (Å²) in [7, 11) is 0. The van der Waals surface area contributed by atoms with Crippen LogP contribution in [0.5, 0.6) is 0 Å². The van der Waals surface area contributed by atoms with Gasteiger partial charge in [-0.05, 0) is 31.6 Å². The van der Waals surface area contributed by atoms with Crippen molar-refractivity contribution in [3.63, 3.8) is 0 Å². The smallest absolute Gasteiger partial charge is 0.226 e. The molecule has 3 heteroatoms. The van der Waals surface area contributed by atoms with Gasteiger partial charge in [-0.3, -0.25) is 4.79 Å². The van der Waals surface area contributed by atoms with Gasteiger partial charge in [0.2, 0.25) is 5.91 Å². The second kappa shape index (κ2) is 7.13. The van der Waals surface area contributed by atoms with Gasteiger partial charge in [-0.25, -0.2) is 0 Å². The van der Waals surface area contributed by atoms with Crippen LogP contribution in [0.15, 0.2) is 0 Å². The third kappa shape index (κ3) is 3.98. The molecule has 1 saturated carbocycles. The molecule has 0 heterocycles. The first-order chi connectivity index (χ1) is 8.54. The number of hydrogen-bond donors (Lipinski definition) is 2. The number of nitrogens with one attached hydrogen (secondary N) is 1. The van der Waals surface area contributed by atoms with Crippen LogP contribution in [0.3, 0.4) is 0 Å². The molecule has 3 nitrogen and oxygen atoms in total. The van der Waals surface area contributed by atoms with Crippen LogP contribution in [-0.4, -0.2) is 18.5 Å². The van der Waals surface area contributed by atoms with Crippen molar-refractivity contribution >= 4 is 5.91 Å². The maximum atomic E-state index is 12.6. The minimum absolute atomic E-state index is 0.102. The van der Waals surface area contributed by atoms with Gasteiger partial charge in [0, 0.05) is 18.0 Å². The summed E-state index contributed by atoms with van der Waals surface area (Å²) in [5, 5.41) is 3.19. The molecule has 1 rings (SSSR count). The molecule has 0 saturated heterocycles. The summed E-state index contributed by atoms with van der Waals surface area (Å²) < 4.78 is 0. The first kappa shape index (κ1) is 15.5. The summed E-state index contributed by atoms with van der Waals surface area (Å²) in [5.74, 6) is 0.842. The summed E-state index contributed by atoms with van der Waals surface area (Å²) in [6, 6.07) is 0.159. The highest BCUT2D eigenvalue weighted by atomic mass is 16.2. The van der Waals surface area contributed by atoms with Crippen LogP contribution in [0.25, 0.3) is 0 Å². The highest BCUT2D eigenvalue weighted by molar-refractivity contribution is 5.83. The molecule has 0 bridgehead atoms. The highest BCUT2D eigenvalue weighted by Gasteiger charge is 2.41. The summed E-state index contributed by atoms with van der Waals surface area (Å²) in [4.78, 5) is 12.6. The number of carbonyl (C=O) groups excluding carboxylic acids is 1. The number of carbonyl (C=O) groups is 1. The minimum Gasteiger partial charge on any atom is -0.352 e. The van der Waals surface area contributed by atoms with Crippen LogP contribution in [0.2, 0.25) is 0 Å². The van der Waals surface area contributed by atoms with E-state index >= 15 is 0 Å². The Morgan fingerprint density at radius 3 is 2.39 bits per heavy atom. The molecule has 1 aliphatic rings. The lowest BCUT2D eigenvalue weighted by Gasteiger charge is -2.31. The molecule has 1 aliphatic carbocycles. The fraction of sp³-hybridized carbons (Fsp3) is 0.933. The van der Waals surface area contributed by atoms with Crippen LogP contribution in [0.4, 0.5) is 0 Å². The fourth-order valence-electron chi connectivity index (χ4n) is 3.29. The Morgan fingerprint density at radius 1 is 1.33 bits per heavy atom. The Hall–Kier alpha value is -0.570. The van der Waals surface area contributed by atoms with E-state index < -0.39 is 0 Å². The molecule has 1 atom stereocenters. The Bertz CT molecular complexity index is 257. The predicted molar refractivity (Wildman–Crippen MR) is 76.2 cm³/mol. The first-order valence-electron chi connectivity index (χ1n) is 7.55. The molecule has 3 N–H and O–H groups in total. The van der Waals surface area contributed by atoms with Crippen LogP contribution in [0.1, 0.15) is 65.7 Å². The van der Waals surface area contributed by atoms with E-state index in [1.165, 1.54) is 12.8 Å². The summed E-state index contributed by atoms with van der Waals surface area (Å²) >= 11 is 0. The van der Waals surface area contributed by atoms with E-state index in [0.29, 0.717) is 12.5 Å². The van der Waals surface area contributed by atoms with Crippen molar-refractivity contribution in [1.29, 1.82) is 0 Å². The lowest BCUT2D eigenvalue weighted by Crippen LogP contribution is -2.47. The van der Waals surface area contributed by atoms with Gasteiger partial charge in [-0.1, -0.05) is 40.0 Å². The van der Waals surface area contributed by atoms with E-state index in [0.717, 1.165) is 32.1 Å². The van der Waals surface area contributed by atoms with Gasteiger partial charge >= 0.3 is 0 Å². The SMILES string of the molecule is CCCC(CN)NC(=O)C1(CC(C)C)CCCC1. The molecular formula is C15H30N2O. The van der Waals surface area contributed by atoms with E-state index in [4.69, 9.17) is 5.73 Å². The van der Waals surface area contributed by atoms with Gasteiger partial charge in [-0.2, -0.15) is 0 Å². The van der Waals surface area contributed by atoms with E-state index in [1.807, 2.05) is 0 Å². The summed E-state index contributed by atoms with van der Waals surface area (Å²) in [6.45, 7) is 7.10. The van der Waals surface area contributed by atoms with Crippen molar-refractivity contribution in [2.45, 2.75) is 71.8 Å². The molecule has 0 spiro atoms. The zero-order valence-electron chi connectivity index (χ0n) is 12.3. The molecule has 18 heavy (non-hydrogen) atoms. The Kier molecular flexibility index (Phi) is 6.13. The summed E-state index contributed by atoms with van der Waals surface area (Å²) in [5.41, 5.74) is 5.63. The van der Waals surface area contributed by atoms with Crippen LogP contribution in [-0.2, 0) is 4.79 Å². The quantitative estimate of drug-likeness (QED) is 0.734. The number of rotatable bonds is 7. The Morgan fingerprint density at radius 2 is 1.94 bits per heavy atom. The predicted octanol–water partition coefficient (Wildman–Crippen LogP) is 2.84. The zero-order chi connectivity index (χ0) is 13.6. The van der Waals surface area contributed by atoms with Crippen molar-refractivity contribution < 1.29 is 4.79 Å². The average molecular weight is 254 g/mol. The van der Waals surface area contributed by atoms with Gasteiger partial charge in [0.15, 0.2) is 0 Å². The lowest BCUT2D eigenvalue weighted by molar-refractivity contribution is -0.132. The van der Waals surface area contributed by atoms with E-state index in [1.54, 1.807) is 0 Å². The van der Waals surface area contributed by atoms with Gasteiger partial charge < -0.3 is 11.1 Å². The van der Waals surface area contributed by atoms with Crippen molar-refractivity contribution in [1.82, 2.24) is 5.32 Å². The maximum Gasteiger partial charge on any atom is 0.226 e. The molecule has 1 amide bonds. The third-order valence-corrected chi connectivity index (χ3v) is 4.10. The molecule has 106 valence electrons. The average Bonchev–Trinajstić information content (AvgIpc) is 2.77. The lowest BCUT2D eigenvalue weighted by atomic mass is 9.77. The van der Waals surface area contributed by atoms with Gasteiger partial charge in [0.05, 0.1) is 0 Å². The van der Waals surface area contributed by atoms with Crippen LogP contribution < -0.4 is 11.1 Å². The van der Waals surface area contributed by atoms with Crippen molar-refractivity contribution in [3.8, 4) is 0 Å². The Labute approximate surface area is 112 Å². The monoisotopic (exact) mass is 254 g/mol. The first-order valence-corrected chi connectivity index (χ1v) is 7.55. The largest absolute Gasteiger partial charge is 0.352 e. The van der Waals surface area contributed by atoms with Gasteiger partial charge in [0.25, 0.3) is 0 Å². The van der Waals surface area contributed by atoms with Gasteiger partial charge in [-0.15, -0.1) is 0 Å². The topological polar surface area (TPSA) is 55.1 Å². The van der Waals surface area contributed by atoms with E-state index in [9.17, 15) is 4.79 Å². The molecule has 1 unspecified atom stereocenters. The maximum absolute atomic E-state index is 12.6. The molecule has 0 aromatic carbocycles. The molecule has 1 fully saturated rings. The molecule has 0 aliphatic heterocycles. The zero-order valence-corrected chi connectivity index (χ0v) is 12.3. The third-order valence-electron chi connectivity index (χ3n) is 4.10. The number of hydrogen-bond acceptors (Lipinski definition) is 2. The highest BCUT2D eigenvalue weighted by Crippen LogP contribution is 2.43. The van der Waals surface area contributed by atoms with Crippen LogP contribution >= 0.6 is 0 Å². The van der Waals surface area contributed by atoms with Crippen molar-refractivity contribution in [2.24, 2.45) is 17.1 Å². The second-order valence-electron chi connectivity index (χ2n) is 6.28. The fourth-order valence-corrected chi connectivity index (χ4v) is 3.29. The Balaban J connectivity index is 2.65. The van der Waals surface area contributed by atoms with E-state index in [-0.39, 0.29) is 17.4 Å². The van der Waals surface area contributed by atoms with Crippen molar-refractivity contribution in [3.05, 3.63) is 0 Å². The van der Waals surface area contributed by atoms with E-state index in [2.05, 4.69) is 26.1 Å². The van der Waals surface area contributed by atoms with Crippen molar-refractivity contribution in [2.75, 3.05) is 6.54 Å². The van der Waals surface area contributed by atoms with Gasteiger partial charge in [0.1, 0.15) is 0 Å². The molecular weight excluding hydrogens is 224 g/mol. The molecule has 0 aromatic heterocycles. The number of amides is 1. The van der Waals surface area contributed by atoms with Crippen LogP contribution in [0, 0.1) is 11.3 Å². The second-order valence-corrected chi connectivity index (χ2v) is 6.28. The standard InChI is InChI=1S/C15H30N2O/c1-4-7-13(11-16)17-14(18)15(10-12(2)3)8-5-6-9-15/h12-13H,4-11,16H2,1-3H3,(H,17,18). The normalized spacial score (nSPS) is 20.1. The minimum atomic E-state index is -0.102. The summed E-state index contributed by atoms with van der Waals surface area (Å²) in [6.07, 6.45) is 7.57. The number of nitrogens with two attached hydrogens (primary N) is 1. The molecule has 0 aromatic rings.